The molecule has 5 heavy (non-hydrogen) atoms. The van der Waals surface area contributed by atoms with Gasteiger partial charge in [0.2, 0.25) is 0 Å². The molecule has 0 saturated heterocycles. The van der Waals surface area contributed by atoms with Gasteiger partial charge in [-0.3, -0.25) is 5.11 Å². The van der Waals surface area contributed by atoms with E-state index >= 15 is 0 Å². The number of allylic oxidation sites excluding steroid dienone is 2. The second-order valence-electron chi connectivity index (χ2n) is 1.21. The third-order valence-corrected chi connectivity index (χ3v) is 0.763. The predicted molar refractivity (Wildman–Crippen MR) is 18.0 cm³/mol. The lowest BCUT2D eigenvalue weighted by molar-refractivity contribution is 0.262. The quantitative estimate of drug-likeness (QED) is 0.406. The molecule has 0 saturated carbocycles. The van der Waals surface area contributed by atoms with Crippen LogP contribution in [0.3, 0.4) is 0 Å². The van der Waals surface area contributed by atoms with Crippen molar-refractivity contribution in [3.63, 3.8) is 0 Å². The zero-order valence-electron chi connectivity index (χ0n) is 2.90. The predicted octanol–water partition coefficient (Wildman–Crippen LogP) is 1.09. The second kappa shape index (κ2) is 0.744. The number of hydrogen-bond donors (Lipinski definition) is 0. The van der Waals surface area contributed by atoms with Crippen molar-refractivity contribution in [1.82, 2.24) is 0 Å². The smallest absolute Gasteiger partial charge is 0.152 e. The average molecular weight is 69.1 g/mol. The molecule has 0 N–H and O–H groups in total. The molecule has 1 radical (unpaired) electrons. The van der Waals surface area contributed by atoms with Crippen LogP contribution in [-0.2, 0) is 5.11 Å². The van der Waals surface area contributed by atoms with Crippen LogP contribution in [0.2, 0.25) is 0 Å². The molecule has 0 amide bonds. The van der Waals surface area contributed by atoms with Gasteiger partial charge in [-0.2, -0.15) is 0 Å². The Balaban J connectivity index is 2.51. The summed E-state index contributed by atoms with van der Waals surface area (Å²) in [5, 5.41) is 9.84. The summed E-state index contributed by atoms with van der Waals surface area (Å²) in [6.07, 6.45) is 3.51. The largest absolute Gasteiger partial charge is 0.295 e. The molecule has 1 heteroatoms. The fraction of sp³-hybridized carbons (Fsp3) is 0.500. The molecule has 0 fully saturated rings. The van der Waals surface area contributed by atoms with Gasteiger partial charge in [0.05, 0.1) is 0 Å². The standard InChI is InChI=1S/C4H5O/c5-4-2-1-3-4/h2H,1,3H2. The maximum Gasteiger partial charge on any atom is 0.152 e. The molecule has 0 aromatic rings. The van der Waals surface area contributed by atoms with E-state index in [4.69, 9.17) is 0 Å². The van der Waals surface area contributed by atoms with E-state index in [1.807, 2.05) is 0 Å². The third-order valence-electron chi connectivity index (χ3n) is 0.763. The van der Waals surface area contributed by atoms with Gasteiger partial charge in [-0.15, -0.1) is 0 Å². The molecule has 0 bridgehead atoms. The lowest BCUT2D eigenvalue weighted by atomic mass is 10.1. The summed E-state index contributed by atoms with van der Waals surface area (Å²) in [6, 6.07) is 0. The van der Waals surface area contributed by atoms with Gasteiger partial charge in [0.25, 0.3) is 0 Å². The molecule has 1 aliphatic rings. The van der Waals surface area contributed by atoms with Gasteiger partial charge in [-0.05, 0) is 12.5 Å². The molecule has 0 spiro atoms. The van der Waals surface area contributed by atoms with Crippen molar-refractivity contribution in [2.45, 2.75) is 12.8 Å². The zero-order chi connectivity index (χ0) is 3.70. The van der Waals surface area contributed by atoms with Crippen molar-refractivity contribution in [2.75, 3.05) is 0 Å². The van der Waals surface area contributed by atoms with Crippen LogP contribution in [0.1, 0.15) is 12.8 Å². The molecule has 0 atom stereocenters. The maximum atomic E-state index is 9.84. The first-order chi connectivity index (χ1) is 2.39. The Morgan fingerprint density at radius 3 is 2.20 bits per heavy atom. The van der Waals surface area contributed by atoms with Gasteiger partial charge in [0, 0.05) is 6.42 Å². The highest BCUT2D eigenvalue weighted by molar-refractivity contribution is 5.01. The van der Waals surface area contributed by atoms with E-state index in [0.29, 0.717) is 5.76 Å². The summed E-state index contributed by atoms with van der Waals surface area (Å²) >= 11 is 0. The SMILES string of the molecule is [O]C1=CCC1. The highest BCUT2D eigenvalue weighted by Crippen LogP contribution is 2.13. The van der Waals surface area contributed by atoms with Crippen molar-refractivity contribution >= 4 is 0 Å². The topological polar surface area (TPSA) is 19.9 Å². The first kappa shape index (κ1) is 2.76. The zero-order valence-corrected chi connectivity index (χ0v) is 2.90. The Hall–Kier alpha value is -0.460. The highest BCUT2D eigenvalue weighted by Gasteiger charge is 2.01. The van der Waals surface area contributed by atoms with Crippen LogP contribution in [0.25, 0.3) is 0 Å². The van der Waals surface area contributed by atoms with E-state index in [1.54, 1.807) is 6.08 Å². The van der Waals surface area contributed by atoms with E-state index in [2.05, 4.69) is 0 Å². The lowest BCUT2D eigenvalue weighted by Crippen LogP contribution is -1.87. The normalized spacial score (nSPS) is 20.4. The van der Waals surface area contributed by atoms with Crippen LogP contribution in [0, 0.1) is 0 Å². The van der Waals surface area contributed by atoms with E-state index in [-0.39, 0.29) is 0 Å². The fourth-order valence-corrected chi connectivity index (χ4v) is 0.262. The van der Waals surface area contributed by atoms with Gasteiger partial charge in [0.1, 0.15) is 0 Å². The summed E-state index contributed by atoms with van der Waals surface area (Å²) in [4.78, 5) is 0. The van der Waals surface area contributed by atoms with Crippen molar-refractivity contribution in [1.29, 1.82) is 0 Å². The van der Waals surface area contributed by atoms with Crippen LogP contribution in [0.5, 0.6) is 0 Å². The van der Waals surface area contributed by atoms with E-state index in [0.717, 1.165) is 12.8 Å². The third kappa shape index (κ3) is 0.274. The van der Waals surface area contributed by atoms with Crippen molar-refractivity contribution in [2.24, 2.45) is 0 Å². The fourth-order valence-electron chi connectivity index (χ4n) is 0.262. The molecule has 27 valence electrons. The minimum absolute atomic E-state index is 0.310. The van der Waals surface area contributed by atoms with Crippen LogP contribution < -0.4 is 0 Å². The molecule has 1 nitrogen and oxygen atoms in total. The van der Waals surface area contributed by atoms with Gasteiger partial charge < -0.3 is 0 Å². The number of rotatable bonds is 0. The van der Waals surface area contributed by atoms with Crippen LogP contribution in [0.4, 0.5) is 0 Å². The summed E-state index contributed by atoms with van der Waals surface area (Å²) in [5.41, 5.74) is 0. The minimum Gasteiger partial charge on any atom is -0.295 e. The molecule has 0 aromatic carbocycles. The Morgan fingerprint density at radius 2 is 2.20 bits per heavy atom. The number of hydrogen-bond acceptors (Lipinski definition) is 0. The first-order valence-corrected chi connectivity index (χ1v) is 1.75. The van der Waals surface area contributed by atoms with Crippen LogP contribution in [0.15, 0.2) is 11.8 Å². The Bertz CT molecular complexity index is 64.0. The van der Waals surface area contributed by atoms with E-state index < -0.39 is 0 Å². The molecular formula is C4H5O. The van der Waals surface area contributed by atoms with Gasteiger partial charge in [-0.25, -0.2) is 0 Å². The Labute approximate surface area is 30.9 Å². The molecule has 0 heterocycles. The monoisotopic (exact) mass is 69.0 g/mol. The molecule has 1 rings (SSSR count). The molecular weight excluding hydrogens is 64.0 g/mol. The van der Waals surface area contributed by atoms with Crippen LogP contribution >= 0.6 is 0 Å². The van der Waals surface area contributed by atoms with Crippen molar-refractivity contribution in [3.05, 3.63) is 11.8 Å². The average Bonchev–Trinajstić information content (AvgIpc) is 1.30. The molecule has 0 aromatic heterocycles. The van der Waals surface area contributed by atoms with E-state index in [1.165, 1.54) is 0 Å². The van der Waals surface area contributed by atoms with E-state index in [9.17, 15) is 5.11 Å². The summed E-state index contributed by atoms with van der Waals surface area (Å²) in [5.74, 6) is 0.310. The van der Waals surface area contributed by atoms with Gasteiger partial charge in [0.15, 0.2) is 5.76 Å². The van der Waals surface area contributed by atoms with Gasteiger partial charge >= 0.3 is 0 Å². The summed E-state index contributed by atoms with van der Waals surface area (Å²) in [6.45, 7) is 0. The highest BCUT2D eigenvalue weighted by atomic mass is 16.3. The minimum atomic E-state index is 0.310. The molecule has 1 aliphatic carbocycles. The summed E-state index contributed by atoms with van der Waals surface area (Å²) in [7, 11) is 0. The Kier molecular flexibility index (Phi) is 0.411. The van der Waals surface area contributed by atoms with Crippen LogP contribution in [-0.4, -0.2) is 0 Å². The van der Waals surface area contributed by atoms with Crippen molar-refractivity contribution in [3.8, 4) is 0 Å². The summed E-state index contributed by atoms with van der Waals surface area (Å²) < 4.78 is 0. The lowest BCUT2D eigenvalue weighted by Gasteiger charge is -1.98. The Morgan fingerprint density at radius 1 is 1.80 bits per heavy atom. The first-order valence-electron chi connectivity index (χ1n) is 1.75. The van der Waals surface area contributed by atoms with Crippen molar-refractivity contribution < 1.29 is 5.11 Å². The maximum absolute atomic E-state index is 9.84. The molecule has 0 aliphatic heterocycles. The second-order valence-corrected chi connectivity index (χ2v) is 1.21. The van der Waals surface area contributed by atoms with Gasteiger partial charge in [-0.1, -0.05) is 0 Å². The molecule has 0 unspecified atom stereocenters.